The van der Waals surface area contributed by atoms with Crippen LogP contribution in [-0.4, -0.2) is 36.6 Å². The fourth-order valence-electron chi connectivity index (χ4n) is 2.23. The first-order valence-electron chi connectivity index (χ1n) is 7.25. The van der Waals surface area contributed by atoms with E-state index in [2.05, 4.69) is 31.0 Å². The van der Waals surface area contributed by atoms with Crippen LogP contribution in [0.1, 0.15) is 59.3 Å². The van der Waals surface area contributed by atoms with Crippen LogP contribution < -0.4 is 5.32 Å². The van der Waals surface area contributed by atoms with Gasteiger partial charge in [0.25, 0.3) is 0 Å². The van der Waals surface area contributed by atoms with Gasteiger partial charge in [0.2, 0.25) is 0 Å². The SMILES string of the molecule is CCCCN(CC)C(C)CCCNC1CC1. The molecule has 0 bridgehead atoms. The molecule has 0 aromatic heterocycles. The number of hydrogen-bond acceptors (Lipinski definition) is 2. The second-order valence-electron chi connectivity index (χ2n) is 5.20. The molecule has 0 saturated heterocycles. The van der Waals surface area contributed by atoms with Crippen molar-refractivity contribution in [1.29, 1.82) is 0 Å². The molecule has 96 valence electrons. The molecule has 1 aliphatic rings. The summed E-state index contributed by atoms with van der Waals surface area (Å²) in [5.41, 5.74) is 0. The highest BCUT2D eigenvalue weighted by Gasteiger charge is 2.19. The van der Waals surface area contributed by atoms with Crippen molar-refractivity contribution in [3.8, 4) is 0 Å². The van der Waals surface area contributed by atoms with Gasteiger partial charge in [0.05, 0.1) is 0 Å². The summed E-state index contributed by atoms with van der Waals surface area (Å²) in [5.74, 6) is 0. The number of nitrogens with zero attached hydrogens (tertiary/aromatic N) is 1. The van der Waals surface area contributed by atoms with Crippen LogP contribution in [0.2, 0.25) is 0 Å². The highest BCUT2D eigenvalue weighted by Crippen LogP contribution is 2.18. The lowest BCUT2D eigenvalue weighted by Gasteiger charge is -2.27. The van der Waals surface area contributed by atoms with E-state index in [4.69, 9.17) is 0 Å². The lowest BCUT2D eigenvalue weighted by molar-refractivity contribution is 0.204. The first-order chi connectivity index (χ1) is 7.77. The normalized spacial score (nSPS) is 18.0. The number of unbranched alkanes of at least 4 members (excludes halogenated alkanes) is 1. The third-order valence-electron chi connectivity index (χ3n) is 3.64. The predicted octanol–water partition coefficient (Wildman–Crippen LogP) is 3.03. The predicted molar refractivity (Wildman–Crippen MR) is 71.9 cm³/mol. The van der Waals surface area contributed by atoms with Gasteiger partial charge in [-0.25, -0.2) is 0 Å². The van der Waals surface area contributed by atoms with Gasteiger partial charge in [-0.05, 0) is 58.7 Å². The minimum Gasteiger partial charge on any atom is -0.314 e. The fraction of sp³-hybridized carbons (Fsp3) is 1.00. The summed E-state index contributed by atoms with van der Waals surface area (Å²) in [4.78, 5) is 2.63. The zero-order chi connectivity index (χ0) is 11.8. The summed E-state index contributed by atoms with van der Waals surface area (Å²) in [5, 5.41) is 3.59. The van der Waals surface area contributed by atoms with Crippen LogP contribution in [0.3, 0.4) is 0 Å². The van der Waals surface area contributed by atoms with Crippen LogP contribution in [0.5, 0.6) is 0 Å². The molecule has 1 N–H and O–H groups in total. The number of hydrogen-bond donors (Lipinski definition) is 1. The first kappa shape index (κ1) is 14.0. The summed E-state index contributed by atoms with van der Waals surface area (Å²) in [7, 11) is 0. The van der Waals surface area contributed by atoms with Crippen molar-refractivity contribution in [2.24, 2.45) is 0 Å². The van der Waals surface area contributed by atoms with Crippen molar-refractivity contribution < 1.29 is 0 Å². The molecular weight excluding hydrogens is 196 g/mol. The quantitative estimate of drug-likeness (QED) is 0.576. The van der Waals surface area contributed by atoms with Crippen molar-refractivity contribution in [2.45, 2.75) is 71.4 Å². The molecular formula is C14H30N2. The zero-order valence-electron chi connectivity index (χ0n) is 11.5. The van der Waals surface area contributed by atoms with E-state index in [1.807, 2.05) is 0 Å². The molecule has 1 saturated carbocycles. The summed E-state index contributed by atoms with van der Waals surface area (Å²) in [6, 6.07) is 1.63. The average Bonchev–Trinajstić information content (AvgIpc) is 3.09. The Bertz CT molecular complexity index is 166. The van der Waals surface area contributed by atoms with E-state index >= 15 is 0 Å². The molecule has 0 spiro atoms. The van der Waals surface area contributed by atoms with E-state index < -0.39 is 0 Å². The third-order valence-corrected chi connectivity index (χ3v) is 3.64. The highest BCUT2D eigenvalue weighted by atomic mass is 15.1. The van der Waals surface area contributed by atoms with Crippen molar-refractivity contribution in [1.82, 2.24) is 10.2 Å². The van der Waals surface area contributed by atoms with Crippen LogP contribution in [-0.2, 0) is 0 Å². The second-order valence-corrected chi connectivity index (χ2v) is 5.20. The van der Waals surface area contributed by atoms with Crippen molar-refractivity contribution in [2.75, 3.05) is 19.6 Å². The lowest BCUT2D eigenvalue weighted by atomic mass is 10.1. The van der Waals surface area contributed by atoms with Gasteiger partial charge < -0.3 is 10.2 Å². The maximum atomic E-state index is 3.59. The summed E-state index contributed by atoms with van der Waals surface area (Å²) < 4.78 is 0. The van der Waals surface area contributed by atoms with Gasteiger partial charge >= 0.3 is 0 Å². The maximum absolute atomic E-state index is 3.59. The van der Waals surface area contributed by atoms with Crippen LogP contribution >= 0.6 is 0 Å². The van der Waals surface area contributed by atoms with Crippen LogP contribution in [0, 0.1) is 0 Å². The second kappa shape index (κ2) is 8.08. The monoisotopic (exact) mass is 226 g/mol. The topological polar surface area (TPSA) is 15.3 Å². The minimum atomic E-state index is 0.762. The molecule has 1 fully saturated rings. The molecule has 0 aliphatic heterocycles. The molecule has 0 aromatic rings. The highest BCUT2D eigenvalue weighted by molar-refractivity contribution is 4.80. The lowest BCUT2D eigenvalue weighted by Crippen LogP contribution is -2.34. The van der Waals surface area contributed by atoms with Crippen molar-refractivity contribution in [3.05, 3.63) is 0 Å². The van der Waals surface area contributed by atoms with Gasteiger partial charge in [0.1, 0.15) is 0 Å². The molecule has 1 unspecified atom stereocenters. The summed E-state index contributed by atoms with van der Waals surface area (Å²) in [6.45, 7) is 10.7. The maximum Gasteiger partial charge on any atom is 0.00682 e. The fourth-order valence-corrected chi connectivity index (χ4v) is 2.23. The Balaban J connectivity index is 2.02. The molecule has 1 aliphatic carbocycles. The van der Waals surface area contributed by atoms with Crippen LogP contribution in [0.25, 0.3) is 0 Å². The largest absolute Gasteiger partial charge is 0.314 e. The van der Waals surface area contributed by atoms with E-state index in [1.54, 1.807) is 0 Å². The zero-order valence-corrected chi connectivity index (χ0v) is 11.5. The standard InChI is InChI=1S/C14H30N2/c1-4-6-12-16(5-2)13(3)8-7-11-15-14-9-10-14/h13-15H,4-12H2,1-3H3. The number of rotatable bonds is 10. The Labute approximate surface area is 102 Å². The molecule has 2 nitrogen and oxygen atoms in total. The Hall–Kier alpha value is -0.0800. The van der Waals surface area contributed by atoms with Crippen molar-refractivity contribution >= 4 is 0 Å². The van der Waals surface area contributed by atoms with E-state index in [-0.39, 0.29) is 0 Å². The van der Waals surface area contributed by atoms with Gasteiger partial charge in [0, 0.05) is 12.1 Å². The van der Waals surface area contributed by atoms with Crippen molar-refractivity contribution in [3.63, 3.8) is 0 Å². The summed E-state index contributed by atoms with van der Waals surface area (Å²) in [6.07, 6.45) is 8.16. The van der Waals surface area contributed by atoms with E-state index in [9.17, 15) is 0 Å². The molecule has 0 radical (unpaired) electrons. The van der Waals surface area contributed by atoms with Crippen LogP contribution in [0.4, 0.5) is 0 Å². The molecule has 0 heterocycles. The first-order valence-corrected chi connectivity index (χ1v) is 7.25. The minimum absolute atomic E-state index is 0.762. The van der Waals surface area contributed by atoms with E-state index in [0.29, 0.717) is 0 Å². The average molecular weight is 226 g/mol. The van der Waals surface area contributed by atoms with Gasteiger partial charge in [0.15, 0.2) is 0 Å². The Morgan fingerprint density at radius 2 is 2.00 bits per heavy atom. The van der Waals surface area contributed by atoms with E-state index in [1.165, 1.54) is 58.2 Å². The van der Waals surface area contributed by atoms with Gasteiger partial charge in [-0.15, -0.1) is 0 Å². The Kier molecular flexibility index (Phi) is 7.06. The van der Waals surface area contributed by atoms with Gasteiger partial charge in [-0.3, -0.25) is 0 Å². The van der Waals surface area contributed by atoms with Gasteiger partial charge in [-0.2, -0.15) is 0 Å². The molecule has 2 heteroatoms. The smallest absolute Gasteiger partial charge is 0.00682 e. The van der Waals surface area contributed by atoms with Gasteiger partial charge in [-0.1, -0.05) is 20.3 Å². The molecule has 0 amide bonds. The Morgan fingerprint density at radius 1 is 1.25 bits per heavy atom. The molecule has 1 atom stereocenters. The molecule has 0 aromatic carbocycles. The number of nitrogens with one attached hydrogen (secondary N) is 1. The molecule has 16 heavy (non-hydrogen) atoms. The molecule has 1 rings (SSSR count). The van der Waals surface area contributed by atoms with Crippen LogP contribution in [0.15, 0.2) is 0 Å². The third kappa shape index (κ3) is 5.86. The Morgan fingerprint density at radius 3 is 2.56 bits per heavy atom. The summed E-state index contributed by atoms with van der Waals surface area (Å²) >= 11 is 0. The van der Waals surface area contributed by atoms with E-state index in [0.717, 1.165) is 12.1 Å².